The molecule has 1 rings (SSSR count). The Balaban J connectivity index is 3.05. The molecular formula is C10H11IO2. The van der Waals surface area contributed by atoms with Gasteiger partial charge in [-0.1, -0.05) is 28.7 Å². The fourth-order valence-electron chi connectivity index (χ4n) is 1.03. The quantitative estimate of drug-likeness (QED) is 0.796. The Morgan fingerprint density at radius 3 is 2.38 bits per heavy atom. The lowest BCUT2D eigenvalue weighted by Gasteiger charge is -2.07. The highest BCUT2D eigenvalue weighted by Gasteiger charge is 2.01. The summed E-state index contributed by atoms with van der Waals surface area (Å²) in [5, 5.41) is 0. The third-order valence-corrected chi connectivity index (χ3v) is 2.02. The first kappa shape index (κ1) is 10.4. The standard InChI is InChI=1S/C10H11IO2/c1-12-9-4-3-8(5-6-11)7-10(9)13-2/h3-7H,1-2H3/b6-5+. The summed E-state index contributed by atoms with van der Waals surface area (Å²) in [6, 6.07) is 5.81. The number of hydrogen-bond acceptors (Lipinski definition) is 2. The van der Waals surface area contributed by atoms with E-state index in [4.69, 9.17) is 9.47 Å². The van der Waals surface area contributed by atoms with Crippen LogP contribution in [0.2, 0.25) is 0 Å². The minimum atomic E-state index is 0.758. The van der Waals surface area contributed by atoms with Crippen LogP contribution in [0.25, 0.3) is 6.08 Å². The fraction of sp³-hybridized carbons (Fsp3) is 0.200. The maximum absolute atomic E-state index is 5.16. The van der Waals surface area contributed by atoms with Crippen molar-refractivity contribution < 1.29 is 9.47 Å². The molecule has 0 unspecified atom stereocenters. The van der Waals surface area contributed by atoms with E-state index in [1.807, 2.05) is 28.4 Å². The van der Waals surface area contributed by atoms with Crippen molar-refractivity contribution >= 4 is 28.7 Å². The number of ether oxygens (including phenoxy) is 2. The summed E-state index contributed by atoms with van der Waals surface area (Å²) < 4.78 is 12.2. The van der Waals surface area contributed by atoms with Crippen LogP contribution < -0.4 is 9.47 Å². The molecule has 0 atom stereocenters. The van der Waals surface area contributed by atoms with Crippen LogP contribution >= 0.6 is 22.6 Å². The van der Waals surface area contributed by atoms with E-state index in [0.717, 1.165) is 17.1 Å². The predicted molar refractivity (Wildman–Crippen MR) is 62.6 cm³/mol. The van der Waals surface area contributed by atoms with E-state index in [1.165, 1.54) is 0 Å². The summed E-state index contributed by atoms with van der Waals surface area (Å²) in [6.45, 7) is 0. The van der Waals surface area contributed by atoms with Crippen molar-refractivity contribution in [2.45, 2.75) is 0 Å². The van der Waals surface area contributed by atoms with Gasteiger partial charge in [0.2, 0.25) is 0 Å². The van der Waals surface area contributed by atoms with Gasteiger partial charge in [0.05, 0.1) is 14.2 Å². The van der Waals surface area contributed by atoms with Crippen molar-refractivity contribution in [1.29, 1.82) is 0 Å². The molecule has 1 aromatic carbocycles. The van der Waals surface area contributed by atoms with Gasteiger partial charge in [-0.25, -0.2) is 0 Å². The molecule has 0 radical (unpaired) electrons. The number of benzene rings is 1. The Bertz CT molecular complexity index is 308. The summed E-state index contributed by atoms with van der Waals surface area (Å²) in [6.07, 6.45) is 2.00. The number of methoxy groups -OCH3 is 2. The van der Waals surface area contributed by atoms with E-state index in [-0.39, 0.29) is 0 Å². The molecule has 0 fully saturated rings. The zero-order valence-electron chi connectivity index (χ0n) is 7.58. The smallest absolute Gasteiger partial charge is 0.161 e. The normalized spacial score (nSPS) is 10.4. The Kier molecular flexibility index (Phi) is 4.08. The molecule has 70 valence electrons. The van der Waals surface area contributed by atoms with Gasteiger partial charge < -0.3 is 9.47 Å². The molecule has 0 spiro atoms. The van der Waals surface area contributed by atoms with Crippen LogP contribution in [-0.4, -0.2) is 14.2 Å². The summed E-state index contributed by atoms with van der Waals surface area (Å²) in [4.78, 5) is 0. The summed E-state index contributed by atoms with van der Waals surface area (Å²) in [5.74, 6) is 1.52. The molecule has 2 nitrogen and oxygen atoms in total. The van der Waals surface area contributed by atoms with E-state index in [9.17, 15) is 0 Å². The van der Waals surface area contributed by atoms with E-state index >= 15 is 0 Å². The number of hydrogen-bond donors (Lipinski definition) is 0. The van der Waals surface area contributed by atoms with Crippen LogP contribution in [-0.2, 0) is 0 Å². The van der Waals surface area contributed by atoms with E-state index in [0.29, 0.717) is 0 Å². The summed E-state index contributed by atoms with van der Waals surface area (Å²) in [7, 11) is 3.26. The van der Waals surface area contributed by atoms with Gasteiger partial charge in [-0.05, 0) is 27.9 Å². The predicted octanol–water partition coefficient (Wildman–Crippen LogP) is 3.11. The largest absolute Gasteiger partial charge is 0.493 e. The highest BCUT2D eigenvalue weighted by atomic mass is 127. The molecule has 0 aliphatic heterocycles. The summed E-state index contributed by atoms with van der Waals surface area (Å²) in [5.41, 5.74) is 1.10. The van der Waals surface area contributed by atoms with Crippen LogP contribution in [0.15, 0.2) is 22.3 Å². The van der Waals surface area contributed by atoms with Gasteiger partial charge in [0.25, 0.3) is 0 Å². The lowest BCUT2D eigenvalue weighted by molar-refractivity contribution is 0.355. The van der Waals surface area contributed by atoms with E-state index in [1.54, 1.807) is 14.2 Å². The van der Waals surface area contributed by atoms with Crippen molar-refractivity contribution in [2.24, 2.45) is 0 Å². The summed E-state index contributed by atoms with van der Waals surface area (Å²) >= 11 is 2.18. The van der Waals surface area contributed by atoms with Gasteiger partial charge in [0.1, 0.15) is 0 Å². The first-order chi connectivity index (χ1) is 6.31. The average Bonchev–Trinajstić information content (AvgIpc) is 2.18. The van der Waals surface area contributed by atoms with Crippen LogP contribution in [0.4, 0.5) is 0 Å². The SMILES string of the molecule is COc1ccc(/C=C/I)cc1OC. The van der Waals surface area contributed by atoms with Crippen molar-refractivity contribution in [1.82, 2.24) is 0 Å². The molecule has 0 amide bonds. The fourth-order valence-corrected chi connectivity index (χ4v) is 1.44. The van der Waals surface area contributed by atoms with Crippen LogP contribution in [0.1, 0.15) is 5.56 Å². The maximum Gasteiger partial charge on any atom is 0.161 e. The van der Waals surface area contributed by atoms with Gasteiger partial charge in [-0.15, -0.1) is 0 Å². The van der Waals surface area contributed by atoms with Gasteiger partial charge in [0.15, 0.2) is 11.5 Å². The van der Waals surface area contributed by atoms with Gasteiger partial charge in [-0.3, -0.25) is 0 Å². The van der Waals surface area contributed by atoms with Crippen molar-refractivity contribution in [3.63, 3.8) is 0 Å². The van der Waals surface area contributed by atoms with Crippen LogP contribution in [0.5, 0.6) is 11.5 Å². The minimum Gasteiger partial charge on any atom is -0.493 e. The van der Waals surface area contributed by atoms with Crippen LogP contribution in [0, 0.1) is 0 Å². The molecule has 0 N–H and O–H groups in total. The first-order valence-corrected chi connectivity index (χ1v) is 5.05. The topological polar surface area (TPSA) is 18.5 Å². The lowest BCUT2D eigenvalue weighted by Crippen LogP contribution is -1.90. The monoisotopic (exact) mass is 290 g/mol. The molecule has 1 aromatic rings. The highest BCUT2D eigenvalue weighted by molar-refractivity contribution is 14.1. The molecule has 0 heterocycles. The van der Waals surface area contributed by atoms with Gasteiger partial charge in [-0.2, -0.15) is 0 Å². The molecule has 0 bridgehead atoms. The van der Waals surface area contributed by atoms with Crippen molar-refractivity contribution in [2.75, 3.05) is 14.2 Å². The highest BCUT2D eigenvalue weighted by Crippen LogP contribution is 2.27. The Morgan fingerprint density at radius 2 is 1.85 bits per heavy atom. The number of halogens is 1. The average molecular weight is 290 g/mol. The maximum atomic E-state index is 5.16. The zero-order valence-corrected chi connectivity index (χ0v) is 9.74. The molecular weight excluding hydrogens is 279 g/mol. The molecule has 3 heteroatoms. The second kappa shape index (κ2) is 5.11. The Hall–Kier alpha value is -0.710. The van der Waals surface area contributed by atoms with Gasteiger partial charge >= 0.3 is 0 Å². The second-order valence-corrected chi connectivity index (χ2v) is 3.13. The molecule has 13 heavy (non-hydrogen) atoms. The first-order valence-electron chi connectivity index (χ1n) is 3.80. The molecule has 0 aliphatic rings. The minimum absolute atomic E-state index is 0.758. The Morgan fingerprint density at radius 1 is 1.15 bits per heavy atom. The molecule has 0 saturated carbocycles. The third kappa shape index (κ3) is 2.62. The zero-order chi connectivity index (χ0) is 9.68. The van der Waals surface area contributed by atoms with E-state index < -0.39 is 0 Å². The van der Waals surface area contributed by atoms with Crippen molar-refractivity contribution in [3.05, 3.63) is 27.8 Å². The van der Waals surface area contributed by atoms with Crippen LogP contribution in [0.3, 0.4) is 0 Å². The molecule has 0 aliphatic carbocycles. The van der Waals surface area contributed by atoms with Crippen molar-refractivity contribution in [3.8, 4) is 11.5 Å². The second-order valence-electron chi connectivity index (χ2n) is 2.41. The molecule has 0 aromatic heterocycles. The Labute approximate surface area is 91.7 Å². The lowest BCUT2D eigenvalue weighted by atomic mass is 10.2. The van der Waals surface area contributed by atoms with E-state index in [2.05, 4.69) is 22.6 Å². The molecule has 0 saturated heterocycles. The number of rotatable bonds is 3. The van der Waals surface area contributed by atoms with Gasteiger partial charge in [0, 0.05) is 0 Å². The third-order valence-electron chi connectivity index (χ3n) is 1.66.